The second-order valence-corrected chi connectivity index (χ2v) is 6.79. The molecule has 0 unspecified atom stereocenters. The fourth-order valence-corrected chi connectivity index (χ4v) is 3.50. The highest BCUT2D eigenvalue weighted by molar-refractivity contribution is 5.97. The average molecular weight is 349 g/mol. The quantitative estimate of drug-likeness (QED) is 0.758. The third-order valence-corrected chi connectivity index (χ3v) is 4.86. The minimum Gasteiger partial charge on any atom is -0.486 e. The Hall–Kier alpha value is -2.82. The van der Waals surface area contributed by atoms with E-state index in [1.165, 1.54) is 19.3 Å². The Labute approximate surface area is 153 Å². The molecule has 1 aromatic carbocycles. The number of carbonyl (C=O) groups excluding carboxylic acids is 1. The monoisotopic (exact) mass is 349 g/mol. The maximum absolute atomic E-state index is 12.7. The van der Waals surface area contributed by atoms with Gasteiger partial charge in [0.25, 0.3) is 5.91 Å². The van der Waals surface area contributed by atoms with E-state index in [9.17, 15) is 4.79 Å². The first-order valence-corrected chi connectivity index (χ1v) is 9.25. The third kappa shape index (κ3) is 3.72. The van der Waals surface area contributed by atoms with Crippen molar-refractivity contribution in [1.29, 1.82) is 0 Å². The van der Waals surface area contributed by atoms with Crippen molar-refractivity contribution in [3.05, 3.63) is 66.1 Å². The van der Waals surface area contributed by atoms with Crippen LogP contribution in [0.4, 0.5) is 0 Å². The number of hydrogen-bond donors (Lipinski definition) is 1. The SMILES string of the molecule is O=C(NC1CCCCC1)c1ccccc1OCc1cn2ccccc2n1. The summed E-state index contributed by atoms with van der Waals surface area (Å²) in [5.74, 6) is 0.542. The molecule has 0 atom stereocenters. The number of aromatic nitrogens is 2. The highest BCUT2D eigenvalue weighted by Gasteiger charge is 2.19. The van der Waals surface area contributed by atoms with E-state index in [1.807, 2.05) is 59.3 Å². The lowest BCUT2D eigenvalue weighted by Crippen LogP contribution is -2.36. The summed E-state index contributed by atoms with van der Waals surface area (Å²) in [7, 11) is 0. The van der Waals surface area contributed by atoms with E-state index in [2.05, 4.69) is 10.3 Å². The van der Waals surface area contributed by atoms with Crippen molar-refractivity contribution in [3.63, 3.8) is 0 Å². The number of carbonyl (C=O) groups is 1. The van der Waals surface area contributed by atoms with Crippen molar-refractivity contribution in [2.24, 2.45) is 0 Å². The lowest BCUT2D eigenvalue weighted by atomic mass is 9.95. The zero-order valence-corrected chi connectivity index (χ0v) is 14.7. The van der Waals surface area contributed by atoms with Crippen LogP contribution in [0.1, 0.15) is 48.2 Å². The average Bonchev–Trinajstić information content (AvgIpc) is 3.10. The van der Waals surface area contributed by atoms with E-state index >= 15 is 0 Å². The van der Waals surface area contributed by atoms with Gasteiger partial charge in [-0.2, -0.15) is 0 Å². The van der Waals surface area contributed by atoms with Gasteiger partial charge in [0.05, 0.1) is 11.3 Å². The lowest BCUT2D eigenvalue weighted by molar-refractivity contribution is 0.0923. The first-order valence-electron chi connectivity index (χ1n) is 9.25. The highest BCUT2D eigenvalue weighted by atomic mass is 16.5. The molecule has 5 nitrogen and oxygen atoms in total. The number of rotatable bonds is 5. The van der Waals surface area contributed by atoms with E-state index in [1.54, 1.807) is 0 Å². The van der Waals surface area contributed by atoms with Gasteiger partial charge in [-0.05, 0) is 37.1 Å². The number of benzene rings is 1. The van der Waals surface area contributed by atoms with Gasteiger partial charge in [-0.25, -0.2) is 4.98 Å². The van der Waals surface area contributed by atoms with Gasteiger partial charge in [0.15, 0.2) is 0 Å². The molecule has 0 radical (unpaired) electrons. The summed E-state index contributed by atoms with van der Waals surface area (Å²) in [5.41, 5.74) is 2.30. The van der Waals surface area contributed by atoms with Crippen LogP contribution in [0, 0.1) is 0 Å². The van der Waals surface area contributed by atoms with Crippen LogP contribution in [0.5, 0.6) is 5.75 Å². The second kappa shape index (κ2) is 7.60. The maximum atomic E-state index is 12.7. The molecule has 2 aromatic heterocycles. The molecule has 1 fully saturated rings. The molecule has 0 bridgehead atoms. The van der Waals surface area contributed by atoms with Crippen LogP contribution in [-0.2, 0) is 6.61 Å². The van der Waals surface area contributed by atoms with Gasteiger partial charge >= 0.3 is 0 Å². The van der Waals surface area contributed by atoms with Crippen molar-refractivity contribution in [2.45, 2.75) is 44.8 Å². The largest absolute Gasteiger partial charge is 0.486 e. The molecule has 2 heterocycles. The summed E-state index contributed by atoms with van der Waals surface area (Å²) in [6, 6.07) is 13.6. The topological polar surface area (TPSA) is 55.6 Å². The molecule has 134 valence electrons. The molecule has 5 heteroatoms. The minimum absolute atomic E-state index is 0.0532. The van der Waals surface area contributed by atoms with Crippen molar-refractivity contribution >= 4 is 11.6 Å². The Morgan fingerprint density at radius 2 is 1.92 bits per heavy atom. The summed E-state index contributed by atoms with van der Waals surface area (Å²) in [6.45, 7) is 0.329. The molecule has 0 saturated heterocycles. The van der Waals surface area contributed by atoms with Gasteiger partial charge in [-0.1, -0.05) is 37.5 Å². The number of fused-ring (bicyclic) bond motifs is 1. The van der Waals surface area contributed by atoms with E-state index in [-0.39, 0.29) is 11.9 Å². The minimum atomic E-state index is -0.0532. The van der Waals surface area contributed by atoms with Gasteiger partial charge in [0.1, 0.15) is 18.0 Å². The van der Waals surface area contributed by atoms with Crippen LogP contribution < -0.4 is 10.1 Å². The normalized spacial score (nSPS) is 15.1. The Morgan fingerprint density at radius 3 is 2.77 bits per heavy atom. The molecule has 4 rings (SSSR count). The molecule has 1 aliphatic carbocycles. The fourth-order valence-electron chi connectivity index (χ4n) is 3.50. The van der Waals surface area contributed by atoms with Crippen LogP contribution in [0.3, 0.4) is 0 Å². The molecule has 1 N–H and O–H groups in total. The molecule has 1 aliphatic rings. The van der Waals surface area contributed by atoms with E-state index in [4.69, 9.17) is 4.74 Å². The van der Waals surface area contributed by atoms with Gasteiger partial charge < -0.3 is 14.5 Å². The Balaban J connectivity index is 1.45. The van der Waals surface area contributed by atoms with Crippen LogP contribution in [0.25, 0.3) is 5.65 Å². The van der Waals surface area contributed by atoms with E-state index < -0.39 is 0 Å². The smallest absolute Gasteiger partial charge is 0.255 e. The number of imidazole rings is 1. The fraction of sp³-hybridized carbons (Fsp3) is 0.333. The first kappa shape index (κ1) is 16.6. The van der Waals surface area contributed by atoms with Crippen molar-refractivity contribution in [1.82, 2.24) is 14.7 Å². The second-order valence-electron chi connectivity index (χ2n) is 6.79. The predicted molar refractivity (Wildman–Crippen MR) is 100 cm³/mol. The number of nitrogens with one attached hydrogen (secondary N) is 1. The van der Waals surface area contributed by atoms with Gasteiger partial charge in [-0.3, -0.25) is 4.79 Å². The Morgan fingerprint density at radius 1 is 1.12 bits per heavy atom. The molecule has 26 heavy (non-hydrogen) atoms. The van der Waals surface area contributed by atoms with Crippen molar-refractivity contribution < 1.29 is 9.53 Å². The number of nitrogens with zero attached hydrogens (tertiary/aromatic N) is 2. The molecule has 0 spiro atoms. The molecule has 1 amide bonds. The van der Waals surface area contributed by atoms with Crippen molar-refractivity contribution in [2.75, 3.05) is 0 Å². The number of amides is 1. The van der Waals surface area contributed by atoms with Crippen molar-refractivity contribution in [3.8, 4) is 5.75 Å². The van der Waals surface area contributed by atoms with Crippen LogP contribution in [0.2, 0.25) is 0 Å². The summed E-state index contributed by atoms with van der Waals surface area (Å²) >= 11 is 0. The third-order valence-electron chi connectivity index (χ3n) is 4.86. The standard InChI is InChI=1S/C21H23N3O2/c25-21(23-16-8-2-1-3-9-16)18-10-4-5-11-19(18)26-15-17-14-24-13-7-6-12-20(24)22-17/h4-7,10-14,16H,1-3,8-9,15H2,(H,23,25). The van der Waals surface area contributed by atoms with Crippen LogP contribution in [-0.4, -0.2) is 21.3 Å². The summed E-state index contributed by atoms with van der Waals surface area (Å²) in [4.78, 5) is 17.2. The summed E-state index contributed by atoms with van der Waals surface area (Å²) < 4.78 is 7.89. The molecule has 1 saturated carbocycles. The Kier molecular flexibility index (Phi) is 4.86. The van der Waals surface area contributed by atoms with Crippen LogP contribution >= 0.6 is 0 Å². The van der Waals surface area contributed by atoms with E-state index in [0.717, 1.165) is 24.2 Å². The zero-order valence-electron chi connectivity index (χ0n) is 14.7. The lowest BCUT2D eigenvalue weighted by Gasteiger charge is -2.23. The zero-order chi connectivity index (χ0) is 17.8. The summed E-state index contributed by atoms with van der Waals surface area (Å²) in [5, 5.41) is 3.16. The molecule has 3 aromatic rings. The maximum Gasteiger partial charge on any atom is 0.255 e. The van der Waals surface area contributed by atoms with E-state index in [0.29, 0.717) is 17.9 Å². The Bertz CT molecular complexity index is 864. The predicted octanol–water partition coefficient (Wildman–Crippen LogP) is 3.98. The molecular weight excluding hydrogens is 326 g/mol. The number of para-hydroxylation sites is 1. The molecule has 0 aliphatic heterocycles. The first-order chi connectivity index (χ1) is 12.8. The van der Waals surface area contributed by atoms with Gasteiger partial charge in [0, 0.05) is 18.4 Å². The summed E-state index contributed by atoms with van der Waals surface area (Å²) in [6.07, 6.45) is 9.68. The van der Waals surface area contributed by atoms with Crippen LogP contribution in [0.15, 0.2) is 54.9 Å². The highest BCUT2D eigenvalue weighted by Crippen LogP contribution is 2.22. The number of hydrogen-bond acceptors (Lipinski definition) is 3. The number of ether oxygens (including phenoxy) is 1. The van der Waals surface area contributed by atoms with Gasteiger partial charge in [0.2, 0.25) is 0 Å². The number of pyridine rings is 1. The van der Waals surface area contributed by atoms with Gasteiger partial charge in [-0.15, -0.1) is 0 Å². The molecular formula is C21H23N3O2.